The van der Waals surface area contributed by atoms with Gasteiger partial charge in [0, 0.05) is 58.4 Å². The Hall–Kier alpha value is -8.32. The molecule has 15 rings (SSSR count). The van der Waals surface area contributed by atoms with Gasteiger partial charge in [-0.2, -0.15) is 4.98 Å². The first-order chi connectivity index (χ1) is 31.8. The van der Waals surface area contributed by atoms with Crippen molar-refractivity contribution in [3.05, 3.63) is 194 Å². The Bertz CT molecular complexity index is 4490. The maximum absolute atomic E-state index is 6.80. The van der Waals surface area contributed by atoms with E-state index in [4.69, 9.17) is 14.4 Å². The molecule has 0 spiro atoms. The predicted molar refractivity (Wildman–Crippen MR) is 269 cm³/mol. The summed E-state index contributed by atoms with van der Waals surface area (Å²) in [6.07, 6.45) is 0. The van der Waals surface area contributed by atoms with Crippen LogP contribution >= 0.6 is 11.3 Å². The second kappa shape index (κ2) is 12.6. The molecule has 0 radical (unpaired) electrons. The van der Waals surface area contributed by atoms with Crippen molar-refractivity contribution in [2.75, 3.05) is 0 Å². The lowest BCUT2D eigenvalue weighted by molar-refractivity contribution is 0.651. The minimum atomic E-state index is 0.555. The maximum atomic E-state index is 6.80. The van der Waals surface area contributed by atoms with Gasteiger partial charge in [0.1, 0.15) is 5.58 Å². The number of fused-ring (bicyclic) bond motifs is 20. The van der Waals surface area contributed by atoms with Gasteiger partial charge in [-0.15, -0.1) is 11.3 Å². The van der Waals surface area contributed by atoms with Gasteiger partial charge in [-0.25, -0.2) is 4.98 Å². The first-order valence-electron chi connectivity index (χ1n) is 21.7. The molecule has 0 atom stereocenters. The van der Waals surface area contributed by atoms with E-state index < -0.39 is 0 Å². The lowest BCUT2D eigenvalue weighted by atomic mass is 9.96. The molecule has 5 heterocycles. The molecule has 0 aliphatic heterocycles. The van der Waals surface area contributed by atoms with Crippen molar-refractivity contribution in [1.82, 2.24) is 19.1 Å². The Morgan fingerprint density at radius 3 is 1.84 bits per heavy atom. The third-order valence-corrected chi connectivity index (χ3v) is 14.6. The molecule has 0 aliphatic rings. The quantitative estimate of drug-likeness (QED) is 0.178. The van der Waals surface area contributed by atoms with E-state index in [0.717, 1.165) is 71.5 Å². The van der Waals surface area contributed by atoms with Gasteiger partial charge in [0.05, 0.1) is 33.1 Å². The molecule has 5 nitrogen and oxygen atoms in total. The number of nitrogens with zero attached hydrogens (tertiary/aromatic N) is 4. The normalized spacial score (nSPS) is 12.4. The van der Waals surface area contributed by atoms with Crippen LogP contribution in [0, 0.1) is 0 Å². The van der Waals surface area contributed by atoms with Crippen LogP contribution < -0.4 is 0 Å². The van der Waals surface area contributed by atoms with Gasteiger partial charge < -0.3 is 8.98 Å². The standard InChI is InChI=1S/C58H32N4OS/c1-2-17-34(18-3-1)61-45-31-30-33-16-4-5-19-35(33)51(45)52-39-23-9-8-22-38(39)50-40-24-10-13-27-44(40)62(55(50)56(52)61)58-59-54(53-41-25-11-14-28-46(41)63-57(53)60-58)43-32-48-49(37-21-7-6-20-36(37)43)42-26-12-15-29-47(42)64-48/h1-32H. The monoisotopic (exact) mass is 832 g/mol. The SMILES string of the molecule is c1ccc(-n2c3ccc4ccccc4c3c3c4ccccc4c4c5ccccc5n(-c5nc(-c6cc7sc8ccccc8c7c7ccccc67)c6c(n5)oc5ccccc56)c4c32)cc1. The summed E-state index contributed by atoms with van der Waals surface area (Å²) >= 11 is 1.83. The highest BCUT2D eigenvalue weighted by molar-refractivity contribution is 7.26. The molecule has 15 aromatic rings. The molecule has 0 fully saturated rings. The Kier molecular flexibility index (Phi) is 6.77. The number of aromatic nitrogens is 4. The van der Waals surface area contributed by atoms with E-state index in [0.29, 0.717) is 11.7 Å². The average Bonchev–Trinajstić information content (AvgIpc) is 4.12. The molecule has 296 valence electrons. The van der Waals surface area contributed by atoms with Crippen LogP contribution in [0.15, 0.2) is 199 Å². The highest BCUT2D eigenvalue weighted by atomic mass is 32.1. The zero-order chi connectivity index (χ0) is 41.6. The second-order valence-electron chi connectivity index (χ2n) is 16.8. The van der Waals surface area contributed by atoms with E-state index >= 15 is 0 Å². The molecule has 0 N–H and O–H groups in total. The molecule has 0 bridgehead atoms. The van der Waals surface area contributed by atoms with Crippen LogP contribution in [0.4, 0.5) is 0 Å². The average molecular weight is 833 g/mol. The highest BCUT2D eigenvalue weighted by Crippen LogP contribution is 2.49. The lowest BCUT2D eigenvalue weighted by Gasteiger charge is -2.14. The van der Waals surface area contributed by atoms with E-state index in [1.165, 1.54) is 57.9 Å². The van der Waals surface area contributed by atoms with E-state index in [1.54, 1.807) is 0 Å². The summed E-state index contributed by atoms with van der Waals surface area (Å²) in [5.74, 6) is 0.555. The third-order valence-electron chi connectivity index (χ3n) is 13.5. The van der Waals surface area contributed by atoms with Gasteiger partial charge in [0.25, 0.3) is 0 Å². The van der Waals surface area contributed by atoms with Gasteiger partial charge in [0.15, 0.2) is 0 Å². The summed E-state index contributed by atoms with van der Waals surface area (Å²) in [6, 6.07) is 69.9. The van der Waals surface area contributed by atoms with Gasteiger partial charge in [0.2, 0.25) is 11.7 Å². The smallest absolute Gasteiger partial charge is 0.238 e. The van der Waals surface area contributed by atoms with Crippen molar-refractivity contribution in [1.29, 1.82) is 0 Å². The summed E-state index contributed by atoms with van der Waals surface area (Å²) in [7, 11) is 0. The van der Waals surface area contributed by atoms with Crippen molar-refractivity contribution >= 4 is 130 Å². The van der Waals surface area contributed by atoms with Gasteiger partial charge in [-0.05, 0) is 74.8 Å². The van der Waals surface area contributed by atoms with E-state index in [9.17, 15) is 0 Å². The minimum absolute atomic E-state index is 0.555. The summed E-state index contributed by atoms with van der Waals surface area (Å²) in [5, 5.41) is 16.3. The van der Waals surface area contributed by atoms with Gasteiger partial charge in [-0.1, -0.05) is 152 Å². The zero-order valence-corrected chi connectivity index (χ0v) is 34.9. The third kappa shape index (κ3) is 4.46. The molecular weight excluding hydrogens is 801 g/mol. The fourth-order valence-electron chi connectivity index (χ4n) is 10.9. The number of para-hydroxylation sites is 3. The Balaban J connectivity index is 1.18. The van der Waals surface area contributed by atoms with Crippen LogP contribution in [0.3, 0.4) is 0 Å². The first-order valence-corrected chi connectivity index (χ1v) is 22.5. The highest BCUT2D eigenvalue weighted by Gasteiger charge is 2.28. The lowest BCUT2D eigenvalue weighted by Crippen LogP contribution is -2.04. The van der Waals surface area contributed by atoms with Crippen LogP contribution in [0.25, 0.3) is 141 Å². The maximum Gasteiger partial charge on any atom is 0.238 e. The van der Waals surface area contributed by atoms with E-state index in [-0.39, 0.29) is 0 Å². The van der Waals surface area contributed by atoms with Crippen LogP contribution in [0.2, 0.25) is 0 Å². The number of hydrogen-bond donors (Lipinski definition) is 0. The minimum Gasteiger partial charge on any atom is -0.437 e. The van der Waals surface area contributed by atoms with E-state index in [2.05, 4.69) is 191 Å². The molecule has 10 aromatic carbocycles. The van der Waals surface area contributed by atoms with Gasteiger partial charge in [-0.3, -0.25) is 4.57 Å². The molecule has 64 heavy (non-hydrogen) atoms. The number of rotatable bonds is 3. The molecule has 0 saturated carbocycles. The van der Waals surface area contributed by atoms with Crippen molar-refractivity contribution in [2.24, 2.45) is 0 Å². The Morgan fingerprint density at radius 1 is 0.391 bits per heavy atom. The fraction of sp³-hybridized carbons (Fsp3) is 0. The first kappa shape index (κ1) is 34.3. The summed E-state index contributed by atoms with van der Waals surface area (Å²) in [5.41, 5.74) is 8.64. The molecular formula is C58H32N4OS. The molecule has 0 saturated heterocycles. The number of thiophene rings is 1. The molecule has 0 unspecified atom stereocenters. The van der Waals surface area contributed by atoms with Crippen LogP contribution in [-0.2, 0) is 0 Å². The summed E-state index contributed by atoms with van der Waals surface area (Å²) < 4.78 is 14.1. The number of benzene rings is 10. The molecule has 0 amide bonds. The number of furan rings is 1. The van der Waals surface area contributed by atoms with Crippen molar-refractivity contribution in [3.8, 4) is 22.9 Å². The van der Waals surface area contributed by atoms with Gasteiger partial charge >= 0.3 is 0 Å². The van der Waals surface area contributed by atoms with Crippen molar-refractivity contribution in [2.45, 2.75) is 0 Å². The van der Waals surface area contributed by atoms with Crippen LogP contribution in [0.1, 0.15) is 0 Å². The van der Waals surface area contributed by atoms with Crippen LogP contribution in [-0.4, -0.2) is 19.1 Å². The zero-order valence-electron chi connectivity index (χ0n) is 34.1. The summed E-state index contributed by atoms with van der Waals surface area (Å²) in [4.78, 5) is 11.3. The summed E-state index contributed by atoms with van der Waals surface area (Å²) in [6.45, 7) is 0. The fourth-order valence-corrected chi connectivity index (χ4v) is 12.1. The predicted octanol–water partition coefficient (Wildman–Crippen LogP) is 16.1. The Labute approximate surface area is 368 Å². The molecule has 0 aliphatic carbocycles. The van der Waals surface area contributed by atoms with Crippen molar-refractivity contribution in [3.63, 3.8) is 0 Å². The molecule has 6 heteroatoms. The second-order valence-corrected chi connectivity index (χ2v) is 17.9. The van der Waals surface area contributed by atoms with Crippen molar-refractivity contribution < 1.29 is 4.42 Å². The Morgan fingerprint density at radius 2 is 1.02 bits per heavy atom. The topological polar surface area (TPSA) is 48.8 Å². The van der Waals surface area contributed by atoms with Crippen LogP contribution in [0.5, 0.6) is 0 Å². The molecule has 5 aromatic heterocycles. The van der Waals surface area contributed by atoms with E-state index in [1.807, 2.05) is 23.5 Å². The number of hydrogen-bond acceptors (Lipinski definition) is 4. The largest absolute Gasteiger partial charge is 0.437 e.